The zero-order valence-corrected chi connectivity index (χ0v) is 15.4. The van der Waals surface area contributed by atoms with Crippen LogP contribution in [0.15, 0.2) is 54.6 Å². The lowest BCUT2D eigenvalue weighted by Gasteiger charge is -2.37. The molecule has 2 N–H and O–H groups in total. The van der Waals surface area contributed by atoms with Crippen molar-refractivity contribution in [3.8, 4) is 5.75 Å². The van der Waals surface area contributed by atoms with E-state index in [1.54, 1.807) is 24.3 Å². The second-order valence-corrected chi connectivity index (χ2v) is 6.60. The van der Waals surface area contributed by atoms with Crippen molar-refractivity contribution in [3.05, 3.63) is 60.2 Å². The minimum absolute atomic E-state index is 0.222. The normalized spacial score (nSPS) is 15.6. The number of methoxy groups -OCH3 is 1. The van der Waals surface area contributed by atoms with E-state index in [1.165, 1.54) is 7.11 Å². The van der Waals surface area contributed by atoms with Crippen molar-refractivity contribution in [2.75, 3.05) is 32.2 Å². The third kappa shape index (κ3) is 4.46. The molecular weight excluding hydrogens is 344 g/mol. The van der Waals surface area contributed by atoms with Gasteiger partial charge in [-0.05, 0) is 30.5 Å². The number of para-hydroxylation sites is 2. The van der Waals surface area contributed by atoms with Gasteiger partial charge in [-0.2, -0.15) is 0 Å². The molecule has 1 aliphatic rings. The van der Waals surface area contributed by atoms with E-state index in [0.29, 0.717) is 31.2 Å². The van der Waals surface area contributed by atoms with Crippen molar-refractivity contribution in [2.24, 2.45) is 0 Å². The van der Waals surface area contributed by atoms with E-state index in [4.69, 9.17) is 9.47 Å². The lowest BCUT2D eigenvalue weighted by Crippen LogP contribution is -2.47. The first kappa shape index (κ1) is 18.9. The van der Waals surface area contributed by atoms with Crippen LogP contribution in [-0.2, 0) is 19.7 Å². The van der Waals surface area contributed by atoms with E-state index in [9.17, 15) is 9.59 Å². The number of rotatable bonds is 5. The summed E-state index contributed by atoms with van der Waals surface area (Å²) in [6, 6.07) is 17.0. The Labute approximate surface area is 158 Å². The highest BCUT2D eigenvalue weighted by atomic mass is 16.5. The SMILES string of the molecule is COc1ccccc1NC(=O)C(=O)NCC1(c2ccccc2)CCOCC1. The Morgan fingerprint density at radius 2 is 1.67 bits per heavy atom. The summed E-state index contributed by atoms with van der Waals surface area (Å²) in [6.45, 7) is 1.66. The molecule has 6 heteroatoms. The van der Waals surface area contributed by atoms with Gasteiger partial charge in [0.1, 0.15) is 5.75 Å². The molecule has 27 heavy (non-hydrogen) atoms. The number of hydrogen-bond acceptors (Lipinski definition) is 4. The number of nitrogens with one attached hydrogen (secondary N) is 2. The largest absolute Gasteiger partial charge is 0.495 e. The first-order valence-electron chi connectivity index (χ1n) is 9.00. The fourth-order valence-electron chi connectivity index (χ4n) is 3.38. The number of anilines is 1. The summed E-state index contributed by atoms with van der Waals surface area (Å²) in [4.78, 5) is 24.7. The summed E-state index contributed by atoms with van der Waals surface area (Å²) in [7, 11) is 1.51. The van der Waals surface area contributed by atoms with Gasteiger partial charge >= 0.3 is 11.8 Å². The maximum absolute atomic E-state index is 12.4. The van der Waals surface area contributed by atoms with Gasteiger partial charge in [-0.1, -0.05) is 42.5 Å². The summed E-state index contributed by atoms with van der Waals surface area (Å²) in [5.41, 5.74) is 1.39. The van der Waals surface area contributed by atoms with Gasteiger partial charge in [-0.15, -0.1) is 0 Å². The average molecular weight is 368 g/mol. The van der Waals surface area contributed by atoms with Crippen LogP contribution in [0.2, 0.25) is 0 Å². The molecule has 3 rings (SSSR count). The van der Waals surface area contributed by atoms with Gasteiger partial charge in [0.05, 0.1) is 12.8 Å². The second-order valence-electron chi connectivity index (χ2n) is 6.60. The summed E-state index contributed by atoms with van der Waals surface area (Å²) in [5.74, 6) is -0.874. The third-order valence-electron chi connectivity index (χ3n) is 4.98. The number of hydrogen-bond donors (Lipinski definition) is 2. The van der Waals surface area contributed by atoms with Crippen LogP contribution in [-0.4, -0.2) is 38.7 Å². The van der Waals surface area contributed by atoms with E-state index >= 15 is 0 Å². The minimum atomic E-state index is -0.713. The Morgan fingerprint density at radius 3 is 2.37 bits per heavy atom. The molecule has 2 aromatic rings. The number of carbonyl (C=O) groups excluding carboxylic acids is 2. The van der Waals surface area contributed by atoms with Crippen LogP contribution in [0.5, 0.6) is 5.75 Å². The van der Waals surface area contributed by atoms with Crippen LogP contribution < -0.4 is 15.4 Å². The molecular formula is C21H24N2O4. The van der Waals surface area contributed by atoms with E-state index in [1.807, 2.05) is 18.2 Å². The molecule has 142 valence electrons. The Kier molecular flexibility index (Phi) is 6.08. The first-order valence-corrected chi connectivity index (χ1v) is 9.00. The van der Waals surface area contributed by atoms with Gasteiger partial charge in [-0.3, -0.25) is 9.59 Å². The van der Waals surface area contributed by atoms with Crippen molar-refractivity contribution >= 4 is 17.5 Å². The molecule has 0 saturated carbocycles. The monoisotopic (exact) mass is 368 g/mol. The number of amides is 2. The zero-order valence-electron chi connectivity index (χ0n) is 15.4. The summed E-state index contributed by atoms with van der Waals surface area (Å²) in [5, 5.41) is 5.40. The van der Waals surface area contributed by atoms with Crippen LogP contribution in [0.4, 0.5) is 5.69 Å². The summed E-state index contributed by atoms with van der Waals surface area (Å²) < 4.78 is 10.7. The van der Waals surface area contributed by atoms with E-state index in [2.05, 4.69) is 22.8 Å². The fourth-order valence-corrected chi connectivity index (χ4v) is 3.38. The highest BCUT2D eigenvalue weighted by Gasteiger charge is 2.35. The lowest BCUT2D eigenvalue weighted by atomic mass is 9.74. The predicted octanol–water partition coefficient (Wildman–Crippen LogP) is 2.50. The van der Waals surface area contributed by atoms with Crippen LogP contribution >= 0.6 is 0 Å². The Hall–Kier alpha value is -2.86. The van der Waals surface area contributed by atoms with Crippen molar-refractivity contribution in [3.63, 3.8) is 0 Å². The fraction of sp³-hybridized carbons (Fsp3) is 0.333. The van der Waals surface area contributed by atoms with Gasteiger partial charge in [-0.25, -0.2) is 0 Å². The van der Waals surface area contributed by atoms with Crippen LogP contribution in [0.25, 0.3) is 0 Å². The predicted molar refractivity (Wildman–Crippen MR) is 103 cm³/mol. The molecule has 6 nitrogen and oxygen atoms in total. The standard InChI is InChI=1S/C21H24N2O4/c1-26-18-10-6-5-9-17(18)23-20(25)19(24)22-15-21(11-13-27-14-12-21)16-7-3-2-4-8-16/h2-10H,11-15H2,1H3,(H,22,24)(H,23,25). The maximum atomic E-state index is 12.4. The zero-order chi connectivity index (χ0) is 19.1. The second kappa shape index (κ2) is 8.68. The quantitative estimate of drug-likeness (QED) is 0.795. The molecule has 1 heterocycles. The number of benzene rings is 2. The van der Waals surface area contributed by atoms with E-state index in [0.717, 1.165) is 18.4 Å². The number of ether oxygens (including phenoxy) is 2. The van der Waals surface area contributed by atoms with Gasteiger partial charge in [0.15, 0.2) is 0 Å². The van der Waals surface area contributed by atoms with E-state index < -0.39 is 11.8 Å². The molecule has 0 aliphatic carbocycles. The smallest absolute Gasteiger partial charge is 0.313 e. The van der Waals surface area contributed by atoms with Crippen molar-refractivity contribution in [2.45, 2.75) is 18.3 Å². The van der Waals surface area contributed by atoms with Crippen LogP contribution in [0.3, 0.4) is 0 Å². The average Bonchev–Trinajstić information content (AvgIpc) is 2.73. The molecule has 0 radical (unpaired) electrons. The Morgan fingerprint density at radius 1 is 1.00 bits per heavy atom. The molecule has 1 fully saturated rings. The molecule has 0 unspecified atom stereocenters. The molecule has 2 aromatic carbocycles. The Balaban J connectivity index is 1.66. The third-order valence-corrected chi connectivity index (χ3v) is 4.98. The Bertz CT molecular complexity index is 786. The van der Waals surface area contributed by atoms with Gasteiger partial charge in [0, 0.05) is 25.2 Å². The topological polar surface area (TPSA) is 76.7 Å². The molecule has 2 amide bonds. The molecule has 0 spiro atoms. The minimum Gasteiger partial charge on any atom is -0.495 e. The summed E-state index contributed by atoms with van der Waals surface area (Å²) >= 11 is 0. The lowest BCUT2D eigenvalue weighted by molar-refractivity contribution is -0.136. The summed E-state index contributed by atoms with van der Waals surface area (Å²) in [6.07, 6.45) is 1.59. The molecule has 1 saturated heterocycles. The van der Waals surface area contributed by atoms with Gasteiger partial charge < -0.3 is 20.1 Å². The molecule has 0 aromatic heterocycles. The molecule has 0 atom stereocenters. The van der Waals surface area contributed by atoms with Crippen LogP contribution in [0, 0.1) is 0 Å². The van der Waals surface area contributed by atoms with Crippen molar-refractivity contribution in [1.82, 2.24) is 5.32 Å². The van der Waals surface area contributed by atoms with Crippen LogP contribution in [0.1, 0.15) is 18.4 Å². The highest BCUT2D eigenvalue weighted by molar-refractivity contribution is 6.39. The maximum Gasteiger partial charge on any atom is 0.313 e. The highest BCUT2D eigenvalue weighted by Crippen LogP contribution is 2.34. The van der Waals surface area contributed by atoms with Crippen molar-refractivity contribution in [1.29, 1.82) is 0 Å². The molecule has 1 aliphatic heterocycles. The number of carbonyl (C=O) groups is 2. The van der Waals surface area contributed by atoms with Crippen molar-refractivity contribution < 1.29 is 19.1 Å². The van der Waals surface area contributed by atoms with Gasteiger partial charge in [0.2, 0.25) is 0 Å². The first-order chi connectivity index (χ1) is 13.1. The molecule has 0 bridgehead atoms. The van der Waals surface area contributed by atoms with E-state index in [-0.39, 0.29) is 5.41 Å². The van der Waals surface area contributed by atoms with Gasteiger partial charge in [0.25, 0.3) is 0 Å².